The molecule has 3 nitrogen and oxygen atoms in total. The van der Waals surface area contributed by atoms with E-state index in [2.05, 4.69) is 26.2 Å². The molecular formula is C14H12BrFN2O. The van der Waals surface area contributed by atoms with Crippen molar-refractivity contribution in [3.05, 3.63) is 64.1 Å². The fourth-order valence-electron chi connectivity index (χ4n) is 1.68. The van der Waals surface area contributed by atoms with E-state index in [1.165, 1.54) is 18.2 Å². The standard InChI is InChI=1S/C14H12BrFN2O/c1-9(10-4-6-17-7-5-10)18-14(19)12-3-2-11(16)8-13(12)15/h2-9H,1H3,(H,18,19). The van der Waals surface area contributed by atoms with E-state index >= 15 is 0 Å². The van der Waals surface area contributed by atoms with Crippen LogP contribution < -0.4 is 5.32 Å². The van der Waals surface area contributed by atoms with Crippen molar-refractivity contribution in [2.75, 3.05) is 0 Å². The van der Waals surface area contributed by atoms with Crippen LogP contribution in [0.5, 0.6) is 0 Å². The molecule has 1 aromatic carbocycles. The van der Waals surface area contributed by atoms with E-state index in [4.69, 9.17) is 0 Å². The summed E-state index contributed by atoms with van der Waals surface area (Å²) in [6.07, 6.45) is 3.34. The van der Waals surface area contributed by atoms with Crippen molar-refractivity contribution in [2.45, 2.75) is 13.0 Å². The van der Waals surface area contributed by atoms with Gasteiger partial charge in [-0.1, -0.05) is 0 Å². The van der Waals surface area contributed by atoms with Crippen LogP contribution in [0.25, 0.3) is 0 Å². The van der Waals surface area contributed by atoms with Crippen LogP contribution in [0.1, 0.15) is 28.9 Å². The maximum atomic E-state index is 13.0. The van der Waals surface area contributed by atoms with Crippen LogP contribution in [-0.4, -0.2) is 10.9 Å². The first-order chi connectivity index (χ1) is 9.08. The number of aromatic nitrogens is 1. The van der Waals surface area contributed by atoms with Crippen molar-refractivity contribution in [2.24, 2.45) is 0 Å². The lowest BCUT2D eigenvalue weighted by atomic mass is 10.1. The molecule has 1 atom stereocenters. The summed E-state index contributed by atoms with van der Waals surface area (Å²) in [4.78, 5) is 16.0. The monoisotopic (exact) mass is 322 g/mol. The minimum Gasteiger partial charge on any atom is -0.345 e. The van der Waals surface area contributed by atoms with Crippen molar-refractivity contribution >= 4 is 21.8 Å². The van der Waals surface area contributed by atoms with E-state index in [1.54, 1.807) is 12.4 Å². The molecule has 0 radical (unpaired) electrons. The molecule has 1 amide bonds. The number of pyridine rings is 1. The molecule has 0 saturated heterocycles. The first-order valence-corrected chi connectivity index (χ1v) is 6.53. The Labute approximate surface area is 119 Å². The molecule has 0 fully saturated rings. The van der Waals surface area contributed by atoms with E-state index < -0.39 is 0 Å². The van der Waals surface area contributed by atoms with Crippen LogP contribution in [0.3, 0.4) is 0 Å². The van der Waals surface area contributed by atoms with Crippen LogP contribution >= 0.6 is 15.9 Å². The van der Waals surface area contributed by atoms with Crippen molar-refractivity contribution < 1.29 is 9.18 Å². The van der Waals surface area contributed by atoms with Crippen LogP contribution in [-0.2, 0) is 0 Å². The van der Waals surface area contributed by atoms with Crippen molar-refractivity contribution in [3.8, 4) is 0 Å². The molecule has 5 heteroatoms. The highest BCUT2D eigenvalue weighted by atomic mass is 79.9. The molecule has 1 N–H and O–H groups in total. The maximum Gasteiger partial charge on any atom is 0.252 e. The van der Waals surface area contributed by atoms with E-state index in [0.29, 0.717) is 10.0 Å². The zero-order valence-electron chi connectivity index (χ0n) is 10.2. The summed E-state index contributed by atoms with van der Waals surface area (Å²) in [5.74, 6) is -0.637. The normalized spacial score (nSPS) is 11.9. The first-order valence-electron chi connectivity index (χ1n) is 5.74. The van der Waals surface area contributed by atoms with Gasteiger partial charge in [-0.05, 0) is 58.7 Å². The average molecular weight is 323 g/mol. The lowest BCUT2D eigenvalue weighted by Crippen LogP contribution is -2.27. The van der Waals surface area contributed by atoms with Gasteiger partial charge in [-0.2, -0.15) is 0 Å². The third-order valence-electron chi connectivity index (χ3n) is 2.73. The molecule has 0 spiro atoms. The quantitative estimate of drug-likeness (QED) is 0.940. The number of halogens is 2. The Kier molecular flexibility index (Phi) is 4.27. The van der Waals surface area contributed by atoms with Gasteiger partial charge in [-0.3, -0.25) is 9.78 Å². The minimum absolute atomic E-state index is 0.146. The summed E-state index contributed by atoms with van der Waals surface area (Å²) >= 11 is 3.18. The Morgan fingerprint density at radius 1 is 1.32 bits per heavy atom. The predicted octanol–water partition coefficient (Wildman–Crippen LogP) is 3.47. The molecular weight excluding hydrogens is 311 g/mol. The second-order valence-electron chi connectivity index (χ2n) is 4.10. The molecule has 1 aromatic heterocycles. The Balaban J connectivity index is 2.13. The van der Waals surface area contributed by atoms with E-state index in [-0.39, 0.29) is 17.8 Å². The van der Waals surface area contributed by atoms with Crippen LogP contribution in [0.2, 0.25) is 0 Å². The molecule has 1 unspecified atom stereocenters. The number of rotatable bonds is 3. The predicted molar refractivity (Wildman–Crippen MR) is 74.2 cm³/mol. The number of amides is 1. The molecule has 2 aromatic rings. The number of hydrogen-bond donors (Lipinski definition) is 1. The van der Waals surface area contributed by atoms with E-state index in [1.807, 2.05) is 19.1 Å². The van der Waals surface area contributed by atoms with E-state index in [9.17, 15) is 9.18 Å². The Morgan fingerprint density at radius 2 is 2.00 bits per heavy atom. The third-order valence-corrected chi connectivity index (χ3v) is 3.39. The lowest BCUT2D eigenvalue weighted by molar-refractivity contribution is 0.0939. The molecule has 0 bridgehead atoms. The fourth-order valence-corrected chi connectivity index (χ4v) is 2.21. The second kappa shape index (κ2) is 5.93. The van der Waals surface area contributed by atoms with Gasteiger partial charge in [0.15, 0.2) is 0 Å². The van der Waals surface area contributed by atoms with Gasteiger partial charge in [-0.15, -0.1) is 0 Å². The maximum absolute atomic E-state index is 13.0. The highest BCUT2D eigenvalue weighted by Crippen LogP contribution is 2.19. The summed E-state index contributed by atoms with van der Waals surface area (Å²) < 4.78 is 13.4. The summed E-state index contributed by atoms with van der Waals surface area (Å²) in [5.41, 5.74) is 1.36. The SMILES string of the molecule is CC(NC(=O)c1ccc(F)cc1Br)c1ccncc1. The van der Waals surface area contributed by atoms with Gasteiger partial charge in [-0.25, -0.2) is 4.39 Å². The molecule has 19 heavy (non-hydrogen) atoms. The van der Waals surface area contributed by atoms with Gasteiger partial charge in [0, 0.05) is 16.9 Å². The largest absolute Gasteiger partial charge is 0.345 e. The van der Waals surface area contributed by atoms with E-state index in [0.717, 1.165) is 5.56 Å². The number of nitrogens with one attached hydrogen (secondary N) is 1. The third kappa shape index (κ3) is 3.38. The summed E-state index contributed by atoms with van der Waals surface area (Å²) in [6.45, 7) is 1.88. The summed E-state index contributed by atoms with van der Waals surface area (Å²) in [7, 11) is 0. The second-order valence-corrected chi connectivity index (χ2v) is 4.95. The number of carbonyl (C=O) groups is 1. The first kappa shape index (κ1) is 13.7. The molecule has 0 aliphatic carbocycles. The summed E-state index contributed by atoms with van der Waals surface area (Å²) in [5, 5.41) is 2.85. The summed E-state index contributed by atoms with van der Waals surface area (Å²) in [6, 6.07) is 7.51. The number of benzene rings is 1. The zero-order valence-corrected chi connectivity index (χ0v) is 11.8. The Hall–Kier alpha value is -1.75. The van der Waals surface area contributed by atoms with Crippen LogP contribution in [0, 0.1) is 5.82 Å². The molecule has 0 aliphatic heterocycles. The molecule has 0 aliphatic rings. The Bertz CT molecular complexity index is 589. The number of carbonyl (C=O) groups excluding carboxylic acids is 1. The highest BCUT2D eigenvalue weighted by Gasteiger charge is 2.14. The molecule has 0 saturated carbocycles. The minimum atomic E-state index is -0.384. The van der Waals surface area contributed by atoms with Gasteiger partial charge in [0.05, 0.1) is 11.6 Å². The topological polar surface area (TPSA) is 42.0 Å². The fraction of sp³-hybridized carbons (Fsp3) is 0.143. The highest BCUT2D eigenvalue weighted by molar-refractivity contribution is 9.10. The molecule has 98 valence electrons. The number of hydrogen-bond acceptors (Lipinski definition) is 2. The smallest absolute Gasteiger partial charge is 0.252 e. The molecule has 1 heterocycles. The van der Waals surface area contributed by atoms with Gasteiger partial charge in [0.1, 0.15) is 5.82 Å². The number of nitrogens with zero attached hydrogens (tertiary/aromatic N) is 1. The van der Waals surface area contributed by atoms with Gasteiger partial charge < -0.3 is 5.32 Å². The molecule has 2 rings (SSSR count). The van der Waals surface area contributed by atoms with Gasteiger partial charge in [0.25, 0.3) is 5.91 Å². The lowest BCUT2D eigenvalue weighted by Gasteiger charge is -2.14. The Morgan fingerprint density at radius 3 is 2.63 bits per heavy atom. The van der Waals surface area contributed by atoms with Crippen LogP contribution in [0.4, 0.5) is 4.39 Å². The van der Waals surface area contributed by atoms with Crippen molar-refractivity contribution in [1.82, 2.24) is 10.3 Å². The zero-order chi connectivity index (χ0) is 13.8. The van der Waals surface area contributed by atoms with Crippen LogP contribution in [0.15, 0.2) is 47.2 Å². The average Bonchev–Trinajstić information content (AvgIpc) is 2.39. The van der Waals surface area contributed by atoms with Crippen molar-refractivity contribution in [1.29, 1.82) is 0 Å². The van der Waals surface area contributed by atoms with Gasteiger partial charge in [0.2, 0.25) is 0 Å². The van der Waals surface area contributed by atoms with Crippen molar-refractivity contribution in [3.63, 3.8) is 0 Å². The van der Waals surface area contributed by atoms with Gasteiger partial charge >= 0.3 is 0 Å².